The van der Waals surface area contributed by atoms with Gasteiger partial charge in [0, 0.05) is 6.54 Å². The number of ether oxygens (including phenoxy) is 1. The highest BCUT2D eigenvalue weighted by molar-refractivity contribution is 5.92. The Kier molecular flexibility index (Phi) is 5.00. The van der Waals surface area contributed by atoms with Crippen molar-refractivity contribution in [2.45, 2.75) is 40.2 Å². The summed E-state index contributed by atoms with van der Waals surface area (Å²) in [6, 6.07) is 0. The number of anilines is 1. The molecule has 1 heterocycles. The second kappa shape index (κ2) is 6.27. The first-order valence-corrected chi connectivity index (χ1v) is 6.04. The lowest BCUT2D eigenvalue weighted by Crippen LogP contribution is -2.10. The number of nitrogens with zero attached hydrogens (tertiary/aromatic N) is 2. The van der Waals surface area contributed by atoms with Crippen molar-refractivity contribution in [3.05, 3.63) is 12.0 Å². The molecule has 0 aromatic carbocycles. The fourth-order valence-corrected chi connectivity index (χ4v) is 1.60. The first-order chi connectivity index (χ1) is 8.06. The normalized spacial score (nSPS) is 10.8. The lowest BCUT2D eigenvalue weighted by atomic mass is 10.1. The van der Waals surface area contributed by atoms with Gasteiger partial charge in [-0.1, -0.05) is 13.8 Å². The van der Waals surface area contributed by atoms with Crippen molar-refractivity contribution < 1.29 is 9.53 Å². The van der Waals surface area contributed by atoms with Crippen LogP contribution in [0.4, 0.5) is 5.82 Å². The minimum absolute atomic E-state index is 0.219. The second-order valence-corrected chi connectivity index (χ2v) is 4.43. The van der Waals surface area contributed by atoms with E-state index in [0.717, 1.165) is 19.4 Å². The van der Waals surface area contributed by atoms with E-state index in [1.54, 1.807) is 17.8 Å². The Hall–Kier alpha value is -1.52. The Bertz CT molecular complexity index is 372. The van der Waals surface area contributed by atoms with E-state index in [9.17, 15) is 4.79 Å². The molecule has 5 nitrogen and oxygen atoms in total. The maximum absolute atomic E-state index is 11.5. The van der Waals surface area contributed by atoms with Crippen molar-refractivity contribution >= 4 is 11.8 Å². The zero-order valence-corrected chi connectivity index (χ0v) is 10.8. The average molecular weight is 239 g/mol. The second-order valence-electron chi connectivity index (χ2n) is 4.43. The van der Waals surface area contributed by atoms with E-state index in [4.69, 9.17) is 10.5 Å². The highest BCUT2D eigenvalue weighted by atomic mass is 16.5. The molecular weight excluding hydrogens is 218 g/mol. The van der Waals surface area contributed by atoms with Gasteiger partial charge in [0.1, 0.15) is 5.82 Å². The number of hydrogen-bond acceptors (Lipinski definition) is 4. The molecule has 0 unspecified atom stereocenters. The highest BCUT2D eigenvalue weighted by Gasteiger charge is 2.16. The summed E-state index contributed by atoms with van der Waals surface area (Å²) in [7, 11) is 0. The molecule has 0 saturated carbocycles. The fourth-order valence-electron chi connectivity index (χ4n) is 1.60. The zero-order chi connectivity index (χ0) is 12.8. The molecule has 96 valence electrons. The van der Waals surface area contributed by atoms with Gasteiger partial charge in [0.25, 0.3) is 0 Å². The predicted molar refractivity (Wildman–Crippen MR) is 66.7 cm³/mol. The molecule has 17 heavy (non-hydrogen) atoms. The van der Waals surface area contributed by atoms with Gasteiger partial charge in [0.2, 0.25) is 0 Å². The molecule has 0 radical (unpaired) electrons. The van der Waals surface area contributed by atoms with Gasteiger partial charge >= 0.3 is 5.97 Å². The zero-order valence-electron chi connectivity index (χ0n) is 10.8. The third kappa shape index (κ3) is 3.76. The summed E-state index contributed by atoms with van der Waals surface area (Å²) in [6.45, 7) is 7.24. The standard InChI is InChI=1S/C12H21N3O2/c1-4-17-12(16)10-11(13)15(8-14-10)7-5-6-9(2)3/h8-9H,4-7,13H2,1-3H3. The minimum Gasteiger partial charge on any atom is -0.461 e. The summed E-state index contributed by atoms with van der Waals surface area (Å²) < 4.78 is 6.67. The molecule has 2 N–H and O–H groups in total. The van der Waals surface area contributed by atoms with Crippen LogP contribution in [0.2, 0.25) is 0 Å². The van der Waals surface area contributed by atoms with Crippen molar-refractivity contribution in [3.63, 3.8) is 0 Å². The van der Waals surface area contributed by atoms with Crippen molar-refractivity contribution in [1.29, 1.82) is 0 Å². The van der Waals surface area contributed by atoms with E-state index in [2.05, 4.69) is 18.8 Å². The maximum Gasteiger partial charge on any atom is 0.360 e. The van der Waals surface area contributed by atoms with Gasteiger partial charge in [-0.25, -0.2) is 9.78 Å². The number of carbonyl (C=O) groups excluding carboxylic acids is 1. The van der Waals surface area contributed by atoms with Gasteiger partial charge in [-0.05, 0) is 25.7 Å². The van der Waals surface area contributed by atoms with E-state index in [0.29, 0.717) is 18.3 Å². The fraction of sp³-hybridized carbons (Fsp3) is 0.667. The van der Waals surface area contributed by atoms with Crippen LogP contribution >= 0.6 is 0 Å². The van der Waals surface area contributed by atoms with E-state index < -0.39 is 5.97 Å². The molecule has 0 spiro atoms. The predicted octanol–water partition coefficient (Wildman–Crippen LogP) is 2.08. The van der Waals surface area contributed by atoms with Crippen LogP contribution < -0.4 is 5.73 Å². The molecule has 1 aromatic heterocycles. The molecule has 1 aromatic rings. The van der Waals surface area contributed by atoms with E-state index in [-0.39, 0.29) is 5.69 Å². The minimum atomic E-state index is -0.451. The van der Waals surface area contributed by atoms with Crippen LogP contribution in [-0.2, 0) is 11.3 Å². The number of imidazole rings is 1. The first kappa shape index (κ1) is 13.5. The van der Waals surface area contributed by atoms with Crippen LogP contribution in [0.25, 0.3) is 0 Å². The molecule has 1 rings (SSSR count). The summed E-state index contributed by atoms with van der Waals surface area (Å²) in [6.07, 6.45) is 3.76. The van der Waals surface area contributed by atoms with Crippen LogP contribution in [0.15, 0.2) is 6.33 Å². The summed E-state index contributed by atoms with van der Waals surface area (Å²) in [5, 5.41) is 0. The summed E-state index contributed by atoms with van der Waals surface area (Å²) in [5.74, 6) is 0.615. The van der Waals surface area contributed by atoms with E-state index in [1.165, 1.54) is 0 Å². The lowest BCUT2D eigenvalue weighted by Gasteiger charge is -2.07. The van der Waals surface area contributed by atoms with Crippen molar-refractivity contribution in [1.82, 2.24) is 9.55 Å². The van der Waals surface area contributed by atoms with Crippen molar-refractivity contribution in [2.24, 2.45) is 5.92 Å². The number of aromatic nitrogens is 2. The number of hydrogen-bond donors (Lipinski definition) is 1. The Balaban J connectivity index is 2.61. The molecule has 0 saturated heterocycles. The molecule has 0 bridgehead atoms. The van der Waals surface area contributed by atoms with Crippen molar-refractivity contribution in [2.75, 3.05) is 12.3 Å². The summed E-state index contributed by atoms with van der Waals surface area (Å²) in [5.41, 5.74) is 6.07. The van der Waals surface area contributed by atoms with Crippen molar-refractivity contribution in [3.8, 4) is 0 Å². The molecule has 0 amide bonds. The summed E-state index contributed by atoms with van der Waals surface area (Å²) >= 11 is 0. The third-order valence-electron chi connectivity index (χ3n) is 2.53. The number of aryl methyl sites for hydroxylation is 1. The van der Waals surface area contributed by atoms with Crippen LogP contribution in [0.1, 0.15) is 44.1 Å². The highest BCUT2D eigenvalue weighted by Crippen LogP contribution is 2.13. The van der Waals surface area contributed by atoms with Crippen LogP contribution in [0.5, 0.6) is 0 Å². The topological polar surface area (TPSA) is 70.1 Å². The van der Waals surface area contributed by atoms with Gasteiger partial charge in [-0.3, -0.25) is 0 Å². The number of rotatable bonds is 6. The Morgan fingerprint density at radius 3 is 2.88 bits per heavy atom. The molecule has 5 heteroatoms. The average Bonchev–Trinajstić information content (AvgIpc) is 2.60. The smallest absolute Gasteiger partial charge is 0.360 e. The molecule has 0 aliphatic carbocycles. The van der Waals surface area contributed by atoms with Gasteiger partial charge < -0.3 is 15.0 Å². The Morgan fingerprint density at radius 2 is 2.29 bits per heavy atom. The SMILES string of the molecule is CCOC(=O)c1ncn(CCCC(C)C)c1N. The van der Waals surface area contributed by atoms with Gasteiger partial charge in [0.15, 0.2) is 5.69 Å². The van der Waals surface area contributed by atoms with E-state index >= 15 is 0 Å². The lowest BCUT2D eigenvalue weighted by molar-refractivity contribution is 0.0521. The summed E-state index contributed by atoms with van der Waals surface area (Å²) in [4.78, 5) is 15.5. The monoisotopic (exact) mass is 239 g/mol. The Labute approximate surface area is 102 Å². The molecular formula is C12H21N3O2. The quantitative estimate of drug-likeness (QED) is 0.771. The number of nitrogen functional groups attached to an aromatic ring is 1. The van der Waals surface area contributed by atoms with Gasteiger partial charge in [0.05, 0.1) is 12.9 Å². The first-order valence-electron chi connectivity index (χ1n) is 6.04. The number of carbonyl (C=O) groups is 1. The maximum atomic E-state index is 11.5. The third-order valence-corrected chi connectivity index (χ3v) is 2.53. The van der Waals surface area contributed by atoms with E-state index in [1.807, 2.05) is 0 Å². The number of esters is 1. The number of nitrogens with two attached hydrogens (primary N) is 1. The van der Waals surface area contributed by atoms with Gasteiger partial charge in [-0.2, -0.15) is 0 Å². The van der Waals surface area contributed by atoms with Crippen LogP contribution in [0, 0.1) is 5.92 Å². The largest absolute Gasteiger partial charge is 0.461 e. The van der Waals surface area contributed by atoms with Crippen LogP contribution in [0.3, 0.4) is 0 Å². The molecule has 0 atom stereocenters. The molecule has 0 fully saturated rings. The Morgan fingerprint density at radius 1 is 1.59 bits per heavy atom. The van der Waals surface area contributed by atoms with Crippen LogP contribution in [-0.4, -0.2) is 22.1 Å². The van der Waals surface area contributed by atoms with Gasteiger partial charge in [-0.15, -0.1) is 0 Å². The molecule has 0 aliphatic rings. The molecule has 0 aliphatic heterocycles.